The molecular formula is C24H31F2N. The summed E-state index contributed by atoms with van der Waals surface area (Å²) in [4.78, 5) is 0. The van der Waals surface area contributed by atoms with Gasteiger partial charge in [0.1, 0.15) is 23.3 Å². The first kappa shape index (κ1) is 20.1. The van der Waals surface area contributed by atoms with Gasteiger partial charge in [-0.3, -0.25) is 0 Å². The van der Waals surface area contributed by atoms with Crippen molar-refractivity contribution in [1.82, 2.24) is 0 Å². The smallest absolute Gasteiger partial charge is 0.144 e. The summed E-state index contributed by atoms with van der Waals surface area (Å²) >= 11 is 0. The van der Waals surface area contributed by atoms with Gasteiger partial charge in [-0.25, -0.2) is 8.78 Å². The van der Waals surface area contributed by atoms with Crippen molar-refractivity contribution in [2.75, 3.05) is 0 Å². The van der Waals surface area contributed by atoms with Crippen LogP contribution in [-0.2, 0) is 0 Å². The molecule has 0 bridgehead atoms. The molecule has 2 aliphatic carbocycles. The summed E-state index contributed by atoms with van der Waals surface area (Å²) < 4.78 is 27.7. The van der Waals surface area contributed by atoms with E-state index in [1.165, 1.54) is 44.2 Å². The van der Waals surface area contributed by atoms with E-state index in [0.717, 1.165) is 49.9 Å². The van der Waals surface area contributed by atoms with Crippen LogP contribution in [0.2, 0.25) is 0 Å². The highest BCUT2D eigenvalue weighted by Gasteiger charge is 2.24. The zero-order valence-electron chi connectivity index (χ0n) is 16.4. The van der Waals surface area contributed by atoms with E-state index in [1.54, 1.807) is 6.07 Å². The number of allylic oxidation sites excluding steroid dienone is 2. The van der Waals surface area contributed by atoms with Crippen LogP contribution in [0.25, 0.3) is 0 Å². The van der Waals surface area contributed by atoms with Crippen LogP contribution in [0.4, 0.5) is 8.78 Å². The summed E-state index contributed by atoms with van der Waals surface area (Å²) in [7, 11) is 0. The Morgan fingerprint density at radius 2 is 1.63 bits per heavy atom. The normalized spacial score (nSPS) is 29.0. The van der Waals surface area contributed by atoms with E-state index in [1.807, 2.05) is 0 Å². The molecule has 0 radical (unpaired) electrons. The molecule has 1 nitrogen and oxygen atoms in total. The van der Waals surface area contributed by atoms with Gasteiger partial charge in [0.2, 0.25) is 0 Å². The maximum atomic E-state index is 13.9. The lowest BCUT2D eigenvalue weighted by Gasteiger charge is -2.29. The Kier molecular flexibility index (Phi) is 7.05. The Hall–Kier alpha value is -1.69. The van der Waals surface area contributed by atoms with Gasteiger partial charge in [-0.2, -0.15) is 5.26 Å². The van der Waals surface area contributed by atoms with Gasteiger partial charge in [0.25, 0.3) is 0 Å². The molecule has 1 aromatic rings. The minimum Gasteiger partial charge on any atom is -0.205 e. The predicted molar refractivity (Wildman–Crippen MR) is 105 cm³/mol. The van der Waals surface area contributed by atoms with Crippen LogP contribution in [0.1, 0.15) is 88.2 Å². The second-order valence-electron chi connectivity index (χ2n) is 8.71. The molecule has 0 unspecified atom stereocenters. The molecule has 0 amide bonds. The van der Waals surface area contributed by atoms with E-state index in [9.17, 15) is 8.78 Å². The van der Waals surface area contributed by atoms with Crippen LogP contribution < -0.4 is 0 Å². The zero-order valence-corrected chi connectivity index (χ0v) is 16.4. The monoisotopic (exact) mass is 371 g/mol. The second-order valence-corrected chi connectivity index (χ2v) is 8.71. The third-order valence-electron chi connectivity index (χ3n) is 6.70. The van der Waals surface area contributed by atoms with Gasteiger partial charge in [-0.15, -0.1) is 0 Å². The van der Waals surface area contributed by atoms with E-state index in [0.29, 0.717) is 5.56 Å². The van der Waals surface area contributed by atoms with E-state index in [4.69, 9.17) is 5.26 Å². The van der Waals surface area contributed by atoms with Crippen LogP contribution in [0.3, 0.4) is 0 Å². The molecule has 2 aliphatic rings. The van der Waals surface area contributed by atoms with Gasteiger partial charge in [-0.1, -0.05) is 31.9 Å². The largest absolute Gasteiger partial charge is 0.205 e. The third kappa shape index (κ3) is 5.41. The fourth-order valence-corrected chi connectivity index (χ4v) is 4.82. The molecule has 0 spiro atoms. The fraction of sp³-hybridized carbons (Fsp3) is 0.625. The van der Waals surface area contributed by atoms with Gasteiger partial charge in [0.15, 0.2) is 0 Å². The molecule has 3 heteroatoms. The molecule has 146 valence electrons. The lowest BCUT2D eigenvalue weighted by atomic mass is 9.77. The molecule has 1 aromatic carbocycles. The Labute approximate surface area is 162 Å². The number of hydrogen-bond acceptors (Lipinski definition) is 1. The van der Waals surface area contributed by atoms with Crippen molar-refractivity contribution in [2.24, 2.45) is 17.8 Å². The average Bonchev–Trinajstić information content (AvgIpc) is 2.67. The highest BCUT2D eigenvalue weighted by Crippen LogP contribution is 2.38. The Bertz CT molecular complexity index is 664. The third-order valence-corrected chi connectivity index (χ3v) is 6.70. The number of nitriles is 1. The molecule has 0 saturated heterocycles. The number of hydrogen-bond donors (Lipinski definition) is 0. The van der Waals surface area contributed by atoms with Gasteiger partial charge in [-0.05, 0) is 92.7 Å². The molecule has 0 atom stereocenters. The number of benzene rings is 1. The molecule has 2 fully saturated rings. The molecule has 0 aliphatic heterocycles. The maximum Gasteiger partial charge on any atom is 0.144 e. The Morgan fingerprint density at radius 3 is 2.22 bits per heavy atom. The van der Waals surface area contributed by atoms with Crippen molar-refractivity contribution in [3.05, 3.63) is 47.0 Å². The standard InChI is InChI=1S/C24H31F2N/c1-17-6-8-18(9-7-17)4-2-3-5-19-10-12-20(13-11-19)21-14-23(25)22(16-27)24(26)15-21/h2,4,14-15,17-20H,3,5-13H2,1H3/b4-2+. The maximum absolute atomic E-state index is 13.9. The van der Waals surface area contributed by atoms with E-state index < -0.39 is 17.2 Å². The van der Waals surface area contributed by atoms with Crippen molar-refractivity contribution >= 4 is 0 Å². The summed E-state index contributed by atoms with van der Waals surface area (Å²) in [5.74, 6) is 1.19. The second kappa shape index (κ2) is 9.49. The summed E-state index contributed by atoms with van der Waals surface area (Å²) in [6.45, 7) is 2.36. The summed E-state index contributed by atoms with van der Waals surface area (Å²) in [6.07, 6.45) is 16.9. The summed E-state index contributed by atoms with van der Waals surface area (Å²) in [5, 5.41) is 8.80. The highest BCUT2D eigenvalue weighted by atomic mass is 19.1. The summed E-state index contributed by atoms with van der Waals surface area (Å²) in [6, 6.07) is 4.32. The molecule has 0 heterocycles. The van der Waals surface area contributed by atoms with Gasteiger partial charge >= 0.3 is 0 Å². The highest BCUT2D eigenvalue weighted by molar-refractivity contribution is 5.36. The minimum atomic E-state index is -0.725. The SMILES string of the molecule is CC1CCC(/C=C/CCC2CCC(c3cc(F)c(C#N)c(F)c3)CC2)CC1. The fourth-order valence-electron chi connectivity index (χ4n) is 4.82. The predicted octanol–water partition coefficient (Wildman–Crippen LogP) is 7.27. The van der Waals surface area contributed by atoms with E-state index >= 15 is 0 Å². The van der Waals surface area contributed by atoms with E-state index in [2.05, 4.69) is 19.1 Å². The quantitative estimate of drug-likeness (QED) is 0.499. The lowest BCUT2D eigenvalue weighted by Crippen LogP contribution is -2.14. The van der Waals surface area contributed by atoms with Crippen molar-refractivity contribution in [3.8, 4) is 6.07 Å². The minimum absolute atomic E-state index is 0.220. The zero-order chi connectivity index (χ0) is 19.2. The molecule has 2 saturated carbocycles. The summed E-state index contributed by atoms with van der Waals surface area (Å²) in [5.41, 5.74) is 0.250. The Morgan fingerprint density at radius 1 is 1.00 bits per heavy atom. The molecule has 27 heavy (non-hydrogen) atoms. The number of rotatable bonds is 5. The van der Waals surface area contributed by atoms with Crippen LogP contribution in [0.5, 0.6) is 0 Å². The van der Waals surface area contributed by atoms with Gasteiger partial charge in [0.05, 0.1) is 0 Å². The van der Waals surface area contributed by atoms with E-state index in [-0.39, 0.29) is 5.92 Å². The topological polar surface area (TPSA) is 23.8 Å². The van der Waals surface area contributed by atoms with Gasteiger partial charge in [0, 0.05) is 0 Å². The van der Waals surface area contributed by atoms with Crippen LogP contribution in [0, 0.1) is 40.7 Å². The first-order valence-electron chi connectivity index (χ1n) is 10.6. The van der Waals surface area contributed by atoms with Crippen LogP contribution in [-0.4, -0.2) is 0 Å². The number of nitrogens with zero attached hydrogens (tertiary/aromatic N) is 1. The first-order chi connectivity index (χ1) is 13.1. The molecule has 0 aromatic heterocycles. The lowest BCUT2D eigenvalue weighted by molar-refractivity contribution is 0.310. The van der Waals surface area contributed by atoms with Crippen LogP contribution >= 0.6 is 0 Å². The average molecular weight is 372 g/mol. The van der Waals surface area contributed by atoms with Crippen LogP contribution in [0.15, 0.2) is 24.3 Å². The molecular weight excluding hydrogens is 340 g/mol. The van der Waals surface area contributed by atoms with Crippen molar-refractivity contribution in [1.29, 1.82) is 5.26 Å². The van der Waals surface area contributed by atoms with Crippen molar-refractivity contribution < 1.29 is 8.78 Å². The van der Waals surface area contributed by atoms with Crippen molar-refractivity contribution in [3.63, 3.8) is 0 Å². The molecule has 3 rings (SSSR count). The Balaban J connectivity index is 1.42. The van der Waals surface area contributed by atoms with Gasteiger partial charge < -0.3 is 0 Å². The number of halogens is 2. The molecule has 0 N–H and O–H groups in total. The first-order valence-corrected chi connectivity index (χ1v) is 10.6. The van der Waals surface area contributed by atoms with Crippen molar-refractivity contribution in [2.45, 2.75) is 77.0 Å².